The van der Waals surface area contributed by atoms with Crippen LogP contribution >= 0.6 is 0 Å². The summed E-state index contributed by atoms with van der Waals surface area (Å²) in [6.07, 6.45) is 0. The molecule has 0 atom stereocenters. The average molecular weight is 671 g/mol. The predicted molar refractivity (Wildman–Crippen MR) is 207 cm³/mol. The van der Waals surface area contributed by atoms with Gasteiger partial charge in [-0.1, -0.05) is 91.0 Å². The number of rotatable bonds is 5. The van der Waals surface area contributed by atoms with Crippen molar-refractivity contribution in [2.75, 3.05) is 4.90 Å². The molecule has 0 aliphatic heterocycles. The van der Waals surface area contributed by atoms with E-state index in [2.05, 4.69) is 53.4 Å². The second-order valence-corrected chi connectivity index (χ2v) is 12.8. The van der Waals surface area contributed by atoms with Gasteiger partial charge in [0.2, 0.25) is 5.95 Å². The van der Waals surface area contributed by atoms with Gasteiger partial charge < -0.3 is 13.3 Å². The molecule has 0 aliphatic carbocycles. The second-order valence-electron chi connectivity index (χ2n) is 12.8. The van der Waals surface area contributed by atoms with E-state index in [0.29, 0.717) is 17.6 Å². The zero-order valence-electron chi connectivity index (χ0n) is 27.5. The first-order chi connectivity index (χ1) is 25.7. The molecular weight excluding hydrogens is 645 g/mol. The number of para-hydroxylation sites is 3. The molecule has 0 spiro atoms. The number of fused-ring (bicyclic) bond motifs is 9. The van der Waals surface area contributed by atoms with Crippen LogP contribution in [0.3, 0.4) is 0 Å². The maximum Gasteiger partial charge on any atom is 0.238 e. The first kappa shape index (κ1) is 28.6. The maximum atomic E-state index is 6.40. The summed E-state index contributed by atoms with van der Waals surface area (Å²) >= 11 is 0. The van der Waals surface area contributed by atoms with E-state index < -0.39 is 0 Å². The van der Waals surface area contributed by atoms with E-state index in [-0.39, 0.29) is 0 Å². The minimum atomic E-state index is 0.453. The van der Waals surface area contributed by atoms with Crippen LogP contribution in [0.5, 0.6) is 0 Å². The van der Waals surface area contributed by atoms with Crippen molar-refractivity contribution < 1.29 is 13.3 Å². The molecule has 11 aromatic rings. The third-order valence-electron chi connectivity index (χ3n) is 9.73. The molecule has 0 N–H and O–H groups in total. The van der Waals surface area contributed by atoms with Crippen molar-refractivity contribution in [2.45, 2.75) is 0 Å². The van der Waals surface area contributed by atoms with Gasteiger partial charge in [0.15, 0.2) is 11.6 Å². The highest BCUT2D eigenvalue weighted by Crippen LogP contribution is 2.44. The van der Waals surface area contributed by atoms with Gasteiger partial charge in [0.1, 0.15) is 33.5 Å². The molecule has 0 saturated heterocycles. The normalized spacial score (nSPS) is 11.8. The molecule has 0 fully saturated rings. The Hall–Kier alpha value is -7.25. The molecule has 52 heavy (non-hydrogen) atoms. The fraction of sp³-hybridized carbons (Fsp3) is 0. The number of hydrogen-bond donors (Lipinski definition) is 0. The van der Waals surface area contributed by atoms with Crippen molar-refractivity contribution in [2.24, 2.45) is 0 Å². The Morgan fingerprint density at radius 1 is 0.365 bits per heavy atom. The Balaban J connectivity index is 1.20. The number of nitrogens with zero attached hydrogens (tertiary/aromatic N) is 4. The predicted octanol–water partition coefficient (Wildman–Crippen LogP) is 12.4. The number of benzene rings is 7. The molecule has 7 heteroatoms. The van der Waals surface area contributed by atoms with Gasteiger partial charge in [-0.2, -0.15) is 9.97 Å². The SMILES string of the molecule is c1ccc(-c2nc(-c3ccc4oc5ccccc5c4c3)nc(N(c3ccc4c(c3)oc3ccccc34)c3cccc4oc5ccccc5c34)n2)cc1. The summed E-state index contributed by atoms with van der Waals surface area (Å²) in [6.45, 7) is 0. The fourth-order valence-corrected chi connectivity index (χ4v) is 7.33. The monoisotopic (exact) mass is 670 g/mol. The van der Waals surface area contributed by atoms with Crippen LogP contribution in [0.1, 0.15) is 0 Å². The Bertz CT molecular complexity index is 3160. The van der Waals surface area contributed by atoms with Gasteiger partial charge in [-0.05, 0) is 60.7 Å². The summed E-state index contributed by atoms with van der Waals surface area (Å²) in [5, 5.41) is 6.09. The minimum Gasteiger partial charge on any atom is -0.456 e. The van der Waals surface area contributed by atoms with Crippen LogP contribution in [-0.2, 0) is 0 Å². The largest absolute Gasteiger partial charge is 0.456 e. The maximum absolute atomic E-state index is 6.40. The number of aromatic nitrogens is 3. The minimum absolute atomic E-state index is 0.453. The third kappa shape index (κ3) is 4.43. The lowest BCUT2D eigenvalue weighted by Crippen LogP contribution is -2.15. The topological polar surface area (TPSA) is 81.3 Å². The molecule has 0 bridgehead atoms. The molecular formula is C45H26N4O3. The number of hydrogen-bond acceptors (Lipinski definition) is 7. The van der Waals surface area contributed by atoms with E-state index >= 15 is 0 Å². The van der Waals surface area contributed by atoms with E-state index in [4.69, 9.17) is 28.2 Å². The van der Waals surface area contributed by atoms with Crippen molar-refractivity contribution in [3.63, 3.8) is 0 Å². The Kier molecular flexibility index (Phi) is 6.12. The zero-order valence-corrected chi connectivity index (χ0v) is 27.5. The summed E-state index contributed by atoms with van der Waals surface area (Å²) in [5.74, 6) is 1.54. The van der Waals surface area contributed by atoms with Crippen molar-refractivity contribution in [3.8, 4) is 22.8 Å². The molecule has 0 amide bonds. The lowest BCUT2D eigenvalue weighted by atomic mass is 10.1. The molecule has 0 unspecified atom stereocenters. The molecule has 0 radical (unpaired) electrons. The second kappa shape index (κ2) is 11.1. The van der Waals surface area contributed by atoms with Crippen molar-refractivity contribution in [1.82, 2.24) is 15.0 Å². The Morgan fingerprint density at radius 2 is 0.942 bits per heavy atom. The van der Waals surface area contributed by atoms with Gasteiger partial charge in [-0.25, -0.2) is 4.98 Å². The highest BCUT2D eigenvalue weighted by atomic mass is 16.3. The van der Waals surface area contributed by atoms with E-state index in [9.17, 15) is 0 Å². The van der Waals surface area contributed by atoms with Crippen LogP contribution in [0.25, 0.3) is 88.6 Å². The molecule has 4 aromatic heterocycles. The summed E-state index contributed by atoms with van der Waals surface area (Å²) in [6, 6.07) is 52.7. The highest BCUT2D eigenvalue weighted by molar-refractivity contribution is 6.14. The zero-order chi connectivity index (χ0) is 34.2. The molecule has 11 rings (SSSR count). The summed E-state index contributed by atoms with van der Waals surface area (Å²) in [7, 11) is 0. The smallest absolute Gasteiger partial charge is 0.238 e. The van der Waals surface area contributed by atoms with E-state index in [1.807, 2.05) is 109 Å². The molecule has 4 heterocycles. The van der Waals surface area contributed by atoms with E-state index in [1.54, 1.807) is 0 Å². The first-order valence-corrected chi connectivity index (χ1v) is 17.1. The number of anilines is 3. The molecule has 7 nitrogen and oxygen atoms in total. The van der Waals surface area contributed by atoms with Gasteiger partial charge in [0, 0.05) is 44.1 Å². The Morgan fingerprint density at radius 3 is 1.73 bits per heavy atom. The fourth-order valence-electron chi connectivity index (χ4n) is 7.33. The van der Waals surface area contributed by atoms with Crippen LogP contribution in [-0.4, -0.2) is 15.0 Å². The van der Waals surface area contributed by atoms with Gasteiger partial charge in [0.05, 0.1) is 16.8 Å². The standard InChI is InChI=1S/C45H26N4O3/c1-2-11-27(12-3-1)43-46-44(28-21-24-39-34(25-28)31-14-5-8-18-37(31)50-39)48-45(47-43)49(29-22-23-32-30-13-4-7-17-36(30)52-41(32)26-29)35-16-10-20-40-42(35)33-15-6-9-19-38(33)51-40/h1-26H. The average Bonchev–Trinajstić information content (AvgIpc) is 3.89. The molecule has 0 aliphatic rings. The van der Waals surface area contributed by atoms with Crippen LogP contribution in [0.4, 0.5) is 17.3 Å². The van der Waals surface area contributed by atoms with Gasteiger partial charge in [-0.3, -0.25) is 4.90 Å². The summed E-state index contributed by atoms with van der Waals surface area (Å²) < 4.78 is 18.9. The third-order valence-corrected chi connectivity index (χ3v) is 9.73. The van der Waals surface area contributed by atoms with Crippen molar-refractivity contribution >= 4 is 83.1 Å². The quantitative estimate of drug-likeness (QED) is 0.180. The summed E-state index contributed by atoms with van der Waals surface area (Å²) in [5.41, 5.74) is 8.24. The highest BCUT2D eigenvalue weighted by Gasteiger charge is 2.24. The molecule has 0 saturated carbocycles. The van der Waals surface area contributed by atoms with Crippen LogP contribution < -0.4 is 4.90 Å². The van der Waals surface area contributed by atoms with Crippen LogP contribution in [0.2, 0.25) is 0 Å². The summed E-state index contributed by atoms with van der Waals surface area (Å²) in [4.78, 5) is 17.6. The van der Waals surface area contributed by atoms with Crippen LogP contribution in [0, 0.1) is 0 Å². The molecule has 244 valence electrons. The van der Waals surface area contributed by atoms with E-state index in [1.165, 1.54) is 0 Å². The first-order valence-electron chi connectivity index (χ1n) is 17.1. The lowest BCUT2D eigenvalue weighted by molar-refractivity contribution is 0.668. The Labute approximate surface area is 296 Å². The van der Waals surface area contributed by atoms with Gasteiger partial charge in [0.25, 0.3) is 0 Å². The van der Waals surface area contributed by atoms with Crippen molar-refractivity contribution in [1.29, 1.82) is 0 Å². The van der Waals surface area contributed by atoms with Crippen molar-refractivity contribution in [3.05, 3.63) is 158 Å². The lowest BCUT2D eigenvalue weighted by Gasteiger charge is -2.24. The van der Waals surface area contributed by atoms with Gasteiger partial charge >= 0.3 is 0 Å². The molecule has 7 aromatic carbocycles. The number of furan rings is 3. The van der Waals surface area contributed by atoms with E-state index in [0.717, 1.165) is 88.3 Å². The van der Waals surface area contributed by atoms with Gasteiger partial charge in [-0.15, -0.1) is 0 Å². The van der Waals surface area contributed by atoms with Crippen LogP contribution in [0.15, 0.2) is 171 Å².